The van der Waals surface area contributed by atoms with Crippen molar-refractivity contribution < 1.29 is 23.9 Å². The van der Waals surface area contributed by atoms with E-state index in [0.717, 1.165) is 18.2 Å². The van der Waals surface area contributed by atoms with E-state index >= 15 is 0 Å². The Balaban J connectivity index is 1.91. The highest BCUT2D eigenvalue weighted by atomic mass is 35.5. The molecule has 0 unspecified atom stereocenters. The predicted octanol–water partition coefficient (Wildman–Crippen LogP) is 4.69. The number of unbranched alkanes of at least 4 members (excludes halogenated alkanes) is 1. The molecule has 1 amide bonds. The van der Waals surface area contributed by atoms with Crippen molar-refractivity contribution in [1.82, 2.24) is 9.88 Å². The molecule has 0 aliphatic carbocycles. The van der Waals surface area contributed by atoms with Crippen LogP contribution in [0, 0.1) is 6.92 Å². The molecule has 0 saturated carbocycles. The van der Waals surface area contributed by atoms with E-state index in [9.17, 15) is 14.4 Å². The molecule has 3 aromatic rings. The number of nitrogens with zero attached hydrogens (tertiary/aromatic N) is 1. The quantitative estimate of drug-likeness (QED) is 0.351. The lowest BCUT2D eigenvalue weighted by atomic mass is 10.1. The maximum atomic E-state index is 13.4. The molecule has 1 N–H and O–H groups in total. The molecule has 0 spiro atoms. The number of benzene rings is 2. The second-order valence-electron chi connectivity index (χ2n) is 8.08. The standard InChI is InChI=1S/C26H29ClN2O5/c1-5-6-13-34-26(32)16(2)28-24(30)15-21-17(3)29(23-12-11-20(33-4)14-22(21)23)25(31)18-7-9-19(27)10-8-18/h7-12,14,16H,5-6,13,15H2,1-4H3,(H,28,30)/t16-/m0/s1. The number of methoxy groups -OCH3 is 1. The Morgan fingerprint density at radius 1 is 1.12 bits per heavy atom. The summed E-state index contributed by atoms with van der Waals surface area (Å²) in [6.45, 7) is 5.72. The number of fused-ring (bicyclic) bond motifs is 1. The average molecular weight is 485 g/mol. The molecule has 0 bridgehead atoms. The Bertz CT molecular complexity index is 1200. The molecule has 1 atom stereocenters. The monoisotopic (exact) mass is 484 g/mol. The lowest BCUT2D eigenvalue weighted by Gasteiger charge is -2.13. The summed E-state index contributed by atoms with van der Waals surface area (Å²) in [7, 11) is 1.56. The van der Waals surface area contributed by atoms with Crippen LogP contribution in [0.4, 0.5) is 0 Å². The van der Waals surface area contributed by atoms with Crippen molar-refractivity contribution in [3.8, 4) is 5.75 Å². The van der Waals surface area contributed by atoms with Crippen molar-refractivity contribution in [2.45, 2.75) is 46.1 Å². The van der Waals surface area contributed by atoms with Crippen LogP contribution in [-0.4, -0.2) is 42.1 Å². The summed E-state index contributed by atoms with van der Waals surface area (Å²) in [4.78, 5) is 38.3. The summed E-state index contributed by atoms with van der Waals surface area (Å²) in [5.41, 5.74) is 2.45. The number of amides is 1. The predicted molar refractivity (Wildman–Crippen MR) is 132 cm³/mol. The second-order valence-corrected chi connectivity index (χ2v) is 8.52. The van der Waals surface area contributed by atoms with Crippen molar-refractivity contribution in [2.75, 3.05) is 13.7 Å². The zero-order chi connectivity index (χ0) is 24.8. The van der Waals surface area contributed by atoms with Crippen molar-refractivity contribution in [2.24, 2.45) is 0 Å². The normalized spacial score (nSPS) is 11.8. The molecule has 8 heteroatoms. The molecular formula is C26H29ClN2O5. The number of hydrogen-bond donors (Lipinski definition) is 1. The number of carbonyl (C=O) groups is 3. The number of hydrogen-bond acceptors (Lipinski definition) is 5. The van der Waals surface area contributed by atoms with Gasteiger partial charge in [-0.05, 0) is 68.3 Å². The number of ether oxygens (including phenoxy) is 2. The van der Waals surface area contributed by atoms with E-state index in [0.29, 0.717) is 39.7 Å². The molecule has 34 heavy (non-hydrogen) atoms. The molecule has 2 aromatic carbocycles. The number of nitrogens with one attached hydrogen (secondary N) is 1. The first-order valence-electron chi connectivity index (χ1n) is 11.2. The Morgan fingerprint density at radius 3 is 2.47 bits per heavy atom. The highest BCUT2D eigenvalue weighted by molar-refractivity contribution is 6.30. The molecule has 0 saturated heterocycles. The summed E-state index contributed by atoms with van der Waals surface area (Å²) >= 11 is 5.97. The van der Waals surface area contributed by atoms with Crippen LogP contribution in [0.3, 0.4) is 0 Å². The smallest absolute Gasteiger partial charge is 0.328 e. The topological polar surface area (TPSA) is 86.6 Å². The van der Waals surface area contributed by atoms with Gasteiger partial charge in [0.05, 0.1) is 25.7 Å². The van der Waals surface area contributed by atoms with Crippen LogP contribution >= 0.6 is 11.6 Å². The SMILES string of the molecule is CCCCOC(=O)[C@H](C)NC(=O)Cc1c(C)n(C(=O)c2ccc(Cl)cc2)c2ccc(OC)cc12. The molecule has 180 valence electrons. The van der Waals surface area contributed by atoms with Gasteiger partial charge in [0.25, 0.3) is 5.91 Å². The maximum Gasteiger partial charge on any atom is 0.328 e. The fourth-order valence-corrected chi connectivity index (χ4v) is 3.88. The maximum absolute atomic E-state index is 13.4. The van der Waals surface area contributed by atoms with Gasteiger partial charge in [-0.1, -0.05) is 24.9 Å². The van der Waals surface area contributed by atoms with Crippen molar-refractivity contribution in [3.05, 3.63) is 64.3 Å². The average Bonchev–Trinajstić information content (AvgIpc) is 3.09. The number of rotatable bonds is 9. The number of carbonyl (C=O) groups excluding carboxylic acids is 3. The van der Waals surface area contributed by atoms with Gasteiger partial charge in [-0.25, -0.2) is 4.79 Å². The van der Waals surface area contributed by atoms with E-state index in [1.54, 1.807) is 68.0 Å². The minimum absolute atomic E-state index is 0.0109. The van der Waals surface area contributed by atoms with Crippen LogP contribution < -0.4 is 10.1 Å². The molecule has 0 aliphatic rings. The van der Waals surface area contributed by atoms with Crippen LogP contribution in [-0.2, 0) is 20.7 Å². The van der Waals surface area contributed by atoms with Gasteiger partial charge in [-0.15, -0.1) is 0 Å². The molecule has 7 nitrogen and oxygen atoms in total. The van der Waals surface area contributed by atoms with Crippen LogP contribution in [0.25, 0.3) is 10.9 Å². The van der Waals surface area contributed by atoms with E-state index in [1.807, 2.05) is 6.92 Å². The van der Waals surface area contributed by atoms with Gasteiger partial charge in [0.1, 0.15) is 11.8 Å². The van der Waals surface area contributed by atoms with Gasteiger partial charge >= 0.3 is 5.97 Å². The van der Waals surface area contributed by atoms with E-state index in [-0.39, 0.29) is 18.2 Å². The second kappa shape index (κ2) is 11.2. The van der Waals surface area contributed by atoms with Crippen LogP contribution in [0.5, 0.6) is 5.75 Å². The first kappa shape index (κ1) is 25.3. The first-order chi connectivity index (χ1) is 16.3. The summed E-state index contributed by atoms with van der Waals surface area (Å²) in [5.74, 6) is -0.439. The molecule has 0 fully saturated rings. The van der Waals surface area contributed by atoms with Gasteiger partial charge in [0.15, 0.2) is 0 Å². The number of esters is 1. The fraction of sp³-hybridized carbons (Fsp3) is 0.346. The minimum Gasteiger partial charge on any atom is -0.497 e. The van der Waals surface area contributed by atoms with Gasteiger partial charge < -0.3 is 14.8 Å². The van der Waals surface area contributed by atoms with Gasteiger partial charge in [0, 0.05) is 21.7 Å². The fourth-order valence-electron chi connectivity index (χ4n) is 3.75. The van der Waals surface area contributed by atoms with E-state index in [1.165, 1.54) is 0 Å². The molecular weight excluding hydrogens is 456 g/mol. The van der Waals surface area contributed by atoms with E-state index in [4.69, 9.17) is 21.1 Å². The molecule has 0 aliphatic heterocycles. The summed E-state index contributed by atoms with van der Waals surface area (Å²) < 4.78 is 12.1. The third kappa shape index (κ3) is 5.59. The highest BCUT2D eigenvalue weighted by Crippen LogP contribution is 2.31. The van der Waals surface area contributed by atoms with Crippen LogP contribution in [0.1, 0.15) is 48.3 Å². The minimum atomic E-state index is -0.775. The van der Waals surface area contributed by atoms with Crippen LogP contribution in [0.2, 0.25) is 5.02 Å². The summed E-state index contributed by atoms with van der Waals surface area (Å²) in [6.07, 6.45) is 1.67. The van der Waals surface area contributed by atoms with E-state index in [2.05, 4.69) is 5.32 Å². The van der Waals surface area contributed by atoms with Crippen molar-refractivity contribution in [3.63, 3.8) is 0 Å². The Hall–Kier alpha value is -3.32. The Kier molecular flexibility index (Phi) is 8.34. The van der Waals surface area contributed by atoms with Gasteiger partial charge in [-0.3, -0.25) is 14.2 Å². The highest BCUT2D eigenvalue weighted by Gasteiger charge is 2.23. The third-order valence-corrected chi connectivity index (χ3v) is 5.90. The zero-order valence-electron chi connectivity index (χ0n) is 19.8. The van der Waals surface area contributed by atoms with Crippen LogP contribution in [0.15, 0.2) is 42.5 Å². The zero-order valence-corrected chi connectivity index (χ0v) is 20.6. The molecule has 3 rings (SSSR count). The Morgan fingerprint density at radius 2 is 1.82 bits per heavy atom. The lowest BCUT2D eigenvalue weighted by Crippen LogP contribution is -2.40. The van der Waals surface area contributed by atoms with Crippen molar-refractivity contribution in [1.29, 1.82) is 0 Å². The summed E-state index contributed by atoms with van der Waals surface area (Å²) in [5, 5.41) is 3.96. The van der Waals surface area contributed by atoms with Gasteiger partial charge in [-0.2, -0.15) is 0 Å². The van der Waals surface area contributed by atoms with Gasteiger partial charge in [0.2, 0.25) is 5.91 Å². The Labute approximate surface area is 204 Å². The van der Waals surface area contributed by atoms with E-state index < -0.39 is 12.0 Å². The number of aromatic nitrogens is 1. The molecule has 1 heterocycles. The molecule has 0 radical (unpaired) electrons. The largest absolute Gasteiger partial charge is 0.497 e. The van der Waals surface area contributed by atoms with Crippen molar-refractivity contribution >= 4 is 40.3 Å². The first-order valence-corrected chi connectivity index (χ1v) is 11.6. The summed E-state index contributed by atoms with van der Waals surface area (Å²) in [6, 6.07) is 11.2. The molecule has 1 aromatic heterocycles. The third-order valence-electron chi connectivity index (χ3n) is 5.65. The lowest BCUT2D eigenvalue weighted by molar-refractivity contribution is -0.147. The number of halogens is 1.